The van der Waals surface area contributed by atoms with Crippen LogP contribution in [0, 0.1) is 0 Å². The fourth-order valence-electron chi connectivity index (χ4n) is 2.50. The highest BCUT2D eigenvalue weighted by atomic mass is 79.9. The van der Waals surface area contributed by atoms with E-state index >= 15 is 0 Å². The molecule has 140 valence electrons. The summed E-state index contributed by atoms with van der Waals surface area (Å²) in [6.45, 7) is 0. The van der Waals surface area contributed by atoms with Crippen LogP contribution in [0.2, 0.25) is 10.0 Å². The normalized spacial score (nSPS) is 16.8. The lowest BCUT2D eigenvalue weighted by Crippen LogP contribution is -2.19. The number of carbonyl (C=O) groups excluding carboxylic acids is 1. The largest absolute Gasteiger partial charge is 0.457 e. The molecule has 4 rings (SSSR count). The average molecular weight is 494 g/mol. The highest BCUT2D eigenvalue weighted by Crippen LogP contribution is 2.34. The number of hydrogen-bond donors (Lipinski definition) is 1. The molecule has 1 aromatic heterocycles. The van der Waals surface area contributed by atoms with Crippen molar-refractivity contribution >= 4 is 73.7 Å². The number of aliphatic imine (C=N–C) groups is 1. The van der Waals surface area contributed by atoms with Gasteiger partial charge >= 0.3 is 0 Å². The van der Waals surface area contributed by atoms with Gasteiger partial charge in [-0.15, -0.1) is 0 Å². The van der Waals surface area contributed by atoms with Crippen LogP contribution in [0.3, 0.4) is 0 Å². The zero-order valence-electron chi connectivity index (χ0n) is 14.1. The van der Waals surface area contributed by atoms with Gasteiger partial charge in [-0.05, 0) is 66.4 Å². The van der Waals surface area contributed by atoms with Gasteiger partial charge < -0.3 is 9.73 Å². The van der Waals surface area contributed by atoms with Gasteiger partial charge in [0, 0.05) is 21.1 Å². The number of hydrogen-bond acceptors (Lipinski definition) is 4. The van der Waals surface area contributed by atoms with Gasteiger partial charge in [0.1, 0.15) is 11.5 Å². The van der Waals surface area contributed by atoms with E-state index in [9.17, 15) is 4.79 Å². The first-order valence-corrected chi connectivity index (χ1v) is 10.4. The van der Waals surface area contributed by atoms with Crippen LogP contribution < -0.4 is 5.32 Å². The summed E-state index contributed by atoms with van der Waals surface area (Å²) < 4.78 is 6.79. The summed E-state index contributed by atoms with van der Waals surface area (Å²) >= 11 is 16.9. The third-order valence-corrected chi connectivity index (χ3v) is 5.81. The molecule has 8 heteroatoms. The maximum atomic E-state index is 12.2. The van der Waals surface area contributed by atoms with E-state index in [0.717, 1.165) is 10.2 Å². The molecule has 0 spiro atoms. The smallest absolute Gasteiger partial charge is 0.264 e. The van der Waals surface area contributed by atoms with E-state index in [4.69, 9.17) is 27.6 Å². The number of rotatable bonds is 3. The standard InChI is InChI=1S/C20H11BrCl2N2O2S/c21-11-1-4-13(5-2-11)24-20-25-19(26)18(28-20)10-14-6-8-17(27-14)15-9-12(22)3-7-16(15)23/h1-10H,(H,24,25,26)/b18-10+. The molecule has 0 atom stereocenters. The maximum absolute atomic E-state index is 12.2. The summed E-state index contributed by atoms with van der Waals surface area (Å²) in [5.41, 5.74) is 1.45. The number of furan rings is 1. The first-order valence-electron chi connectivity index (χ1n) is 8.08. The average Bonchev–Trinajstić information content (AvgIpc) is 3.26. The molecule has 2 aromatic carbocycles. The minimum Gasteiger partial charge on any atom is -0.457 e. The van der Waals surface area contributed by atoms with Crippen LogP contribution in [0.1, 0.15) is 5.76 Å². The lowest BCUT2D eigenvalue weighted by molar-refractivity contribution is -0.115. The maximum Gasteiger partial charge on any atom is 0.264 e. The van der Waals surface area contributed by atoms with Gasteiger partial charge in [0.2, 0.25) is 0 Å². The molecule has 3 aromatic rings. The van der Waals surface area contributed by atoms with Gasteiger partial charge in [-0.25, -0.2) is 4.99 Å². The minimum atomic E-state index is -0.223. The van der Waals surface area contributed by atoms with Crippen molar-refractivity contribution in [3.8, 4) is 11.3 Å². The molecular weight excluding hydrogens is 483 g/mol. The number of nitrogens with one attached hydrogen (secondary N) is 1. The summed E-state index contributed by atoms with van der Waals surface area (Å²) in [4.78, 5) is 17.2. The van der Waals surface area contributed by atoms with Gasteiger partial charge in [0.25, 0.3) is 5.91 Å². The predicted octanol–water partition coefficient (Wildman–Crippen LogP) is 6.91. The molecule has 0 aliphatic carbocycles. The van der Waals surface area contributed by atoms with E-state index in [1.807, 2.05) is 24.3 Å². The summed E-state index contributed by atoms with van der Waals surface area (Å²) in [7, 11) is 0. The third-order valence-electron chi connectivity index (χ3n) is 3.80. The van der Waals surface area contributed by atoms with Gasteiger partial charge in [-0.1, -0.05) is 39.1 Å². The fraction of sp³-hybridized carbons (Fsp3) is 0. The highest BCUT2D eigenvalue weighted by molar-refractivity contribution is 9.10. The van der Waals surface area contributed by atoms with E-state index in [-0.39, 0.29) is 5.91 Å². The van der Waals surface area contributed by atoms with Gasteiger partial charge in [0.15, 0.2) is 5.17 Å². The molecule has 28 heavy (non-hydrogen) atoms. The second-order valence-electron chi connectivity index (χ2n) is 5.78. The third kappa shape index (κ3) is 4.36. The second kappa shape index (κ2) is 8.17. The molecular formula is C20H11BrCl2N2O2S. The predicted molar refractivity (Wildman–Crippen MR) is 119 cm³/mol. The number of thioether (sulfide) groups is 1. The van der Waals surface area contributed by atoms with Crippen molar-refractivity contribution in [1.82, 2.24) is 5.32 Å². The number of carbonyl (C=O) groups is 1. The Hall–Kier alpha value is -1.99. The Morgan fingerprint density at radius 2 is 1.86 bits per heavy atom. The quantitative estimate of drug-likeness (QED) is 0.403. The van der Waals surface area contributed by atoms with E-state index in [2.05, 4.69) is 26.2 Å². The van der Waals surface area contributed by atoms with Crippen molar-refractivity contribution in [2.75, 3.05) is 0 Å². The molecule has 0 radical (unpaired) electrons. The van der Waals surface area contributed by atoms with E-state index in [0.29, 0.717) is 37.2 Å². The first kappa shape index (κ1) is 19.3. The Morgan fingerprint density at radius 3 is 2.64 bits per heavy atom. The second-order valence-corrected chi connectivity index (χ2v) is 8.57. The molecule has 1 fully saturated rings. The van der Waals surface area contributed by atoms with Crippen LogP contribution in [-0.2, 0) is 4.79 Å². The Bertz CT molecular complexity index is 1120. The van der Waals surface area contributed by atoms with Crippen LogP contribution >= 0.6 is 50.9 Å². The molecule has 4 nitrogen and oxygen atoms in total. The van der Waals surface area contributed by atoms with Crippen LogP contribution in [0.5, 0.6) is 0 Å². The lowest BCUT2D eigenvalue weighted by atomic mass is 10.2. The monoisotopic (exact) mass is 492 g/mol. The molecule has 1 aliphatic rings. The molecule has 0 bridgehead atoms. The number of nitrogens with zero attached hydrogens (tertiary/aromatic N) is 1. The molecule has 0 saturated carbocycles. The van der Waals surface area contributed by atoms with E-state index < -0.39 is 0 Å². The minimum absolute atomic E-state index is 0.223. The van der Waals surface area contributed by atoms with Crippen molar-refractivity contribution < 1.29 is 9.21 Å². The zero-order valence-corrected chi connectivity index (χ0v) is 18.0. The van der Waals surface area contributed by atoms with Crippen LogP contribution in [0.4, 0.5) is 5.69 Å². The fourth-order valence-corrected chi connectivity index (χ4v) is 3.97. The Balaban J connectivity index is 1.56. The summed E-state index contributed by atoms with van der Waals surface area (Å²) in [5, 5.41) is 4.37. The number of amidine groups is 1. The van der Waals surface area contributed by atoms with Crippen molar-refractivity contribution in [2.45, 2.75) is 0 Å². The SMILES string of the molecule is O=C1NC(=Nc2ccc(Br)cc2)S/C1=C/c1ccc(-c2cc(Cl)ccc2Cl)o1. The molecule has 1 aliphatic heterocycles. The van der Waals surface area contributed by atoms with Crippen molar-refractivity contribution in [3.63, 3.8) is 0 Å². The Kier molecular flexibility index (Phi) is 5.64. The van der Waals surface area contributed by atoms with Gasteiger partial charge in [-0.3, -0.25) is 4.79 Å². The van der Waals surface area contributed by atoms with Gasteiger partial charge in [0.05, 0.1) is 15.6 Å². The first-order chi connectivity index (χ1) is 13.5. The topological polar surface area (TPSA) is 54.6 Å². The van der Waals surface area contributed by atoms with Crippen molar-refractivity contribution in [3.05, 3.63) is 79.8 Å². The van der Waals surface area contributed by atoms with Gasteiger partial charge in [-0.2, -0.15) is 0 Å². The lowest BCUT2D eigenvalue weighted by Gasteiger charge is -2.01. The van der Waals surface area contributed by atoms with Crippen LogP contribution in [0.25, 0.3) is 17.4 Å². The molecule has 1 amide bonds. The van der Waals surface area contributed by atoms with Crippen LogP contribution in [0.15, 0.2) is 73.4 Å². The summed E-state index contributed by atoms with van der Waals surface area (Å²) in [5.74, 6) is 0.889. The highest BCUT2D eigenvalue weighted by Gasteiger charge is 2.24. The Labute approximate surface area is 183 Å². The molecule has 2 heterocycles. The molecule has 1 saturated heterocycles. The summed E-state index contributed by atoms with van der Waals surface area (Å²) in [6, 6.07) is 16.2. The summed E-state index contributed by atoms with van der Waals surface area (Å²) in [6.07, 6.45) is 1.67. The number of halogens is 3. The number of benzene rings is 2. The van der Waals surface area contributed by atoms with Crippen molar-refractivity contribution in [2.24, 2.45) is 4.99 Å². The van der Waals surface area contributed by atoms with E-state index in [1.54, 1.807) is 36.4 Å². The van der Waals surface area contributed by atoms with Crippen LogP contribution in [-0.4, -0.2) is 11.1 Å². The van der Waals surface area contributed by atoms with Crippen molar-refractivity contribution in [1.29, 1.82) is 0 Å². The van der Waals surface area contributed by atoms with E-state index in [1.165, 1.54) is 11.8 Å². The molecule has 0 unspecified atom stereocenters. The number of amides is 1. The molecule has 1 N–H and O–H groups in total. The zero-order chi connectivity index (χ0) is 19.7. The Morgan fingerprint density at radius 1 is 1.07 bits per heavy atom.